The maximum atomic E-state index is 12.6. The van der Waals surface area contributed by atoms with Crippen molar-refractivity contribution in [3.63, 3.8) is 0 Å². The van der Waals surface area contributed by atoms with Crippen molar-refractivity contribution in [1.29, 1.82) is 0 Å². The second-order valence-electron chi connectivity index (χ2n) is 6.46. The molecule has 2 saturated carbocycles. The van der Waals surface area contributed by atoms with E-state index in [1.165, 1.54) is 0 Å². The molecule has 0 aromatic heterocycles. The van der Waals surface area contributed by atoms with E-state index in [0.29, 0.717) is 11.5 Å². The zero-order valence-electron chi connectivity index (χ0n) is 12.4. The molecule has 4 nitrogen and oxygen atoms in total. The molecule has 4 heteroatoms. The van der Waals surface area contributed by atoms with Gasteiger partial charge in [-0.05, 0) is 56.1 Å². The molecular formula is C17H21NO3. The van der Waals surface area contributed by atoms with Crippen LogP contribution in [0.2, 0.25) is 0 Å². The fraction of sp³-hybridized carbons (Fsp3) is 0.529. The van der Waals surface area contributed by atoms with Crippen molar-refractivity contribution in [3.05, 3.63) is 34.9 Å². The Labute approximate surface area is 124 Å². The van der Waals surface area contributed by atoms with E-state index in [1.54, 1.807) is 0 Å². The summed E-state index contributed by atoms with van der Waals surface area (Å²) in [6.07, 6.45) is 2.96. The van der Waals surface area contributed by atoms with Crippen LogP contribution in [-0.2, 0) is 4.79 Å². The van der Waals surface area contributed by atoms with Crippen LogP contribution in [-0.4, -0.2) is 23.0 Å². The first-order valence-corrected chi connectivity index (χ1v) is 7.59. The highest BCUT2D eigenvalue weighted by atomic mass is 16.4. The van der Waals surface area contributed by atoms with Crippen molar-refractivity contribution in [2.75, 3.05) is 0 Å². The number of nitrogens with one attached hydrogen (secondary N) is 1. The van der Waals surface area contributed by atoms with Gasteiger partial charge in [-0.3, -0.25) is 9.59 Å². The van der Waals surface area contributed by atoms with E-state index in [2.05, 4.69) is 5.32 Å². The van der Waals surface area contributed by atoms with Gasteiger partial charge in [-0.25, -0.2) is 0 Å². The predicted molar refractivity (Wildman–Crippen MR) is 79.1 cm³/mol. The second-order valence-corrected chi connectivity index (χ2v) is 6.46. The summed E-state index contributed by atoms with van der Waals surface area (Å²) in [6, 6.07) is 5.54. The van der Waals surface area contributed by atoms with Gasteiger partial charge in [0.2, 0.25) is 0 Å². The Balaban J connectivity index is 1.83. The van der Waals surface area contributed by atoms with E-state index in [0.717, 1.165) is 30.4 Å². The summed E-state index contributed by atoms with van der Waals surface area (Å²) in [7, 11) is 0. The molecule has 1 aromatic rings. The molecule has 0 saturated heterocycles. The molecule has 1 aromatic carbocycles. The molecule has 4 atom stereocenters. The number of rotatable bonds is 3. The molecule has 0 spiro atoms. The lowest BCUT2D eigenvalue weighted by Crippen LogP contribution is -2.47. The van der Waals surface area contributed by atoms with Crippen LogP contribution in [0.1, 0.15) is 40.7 Å². The first-order chi connectivity index (χ1) is 9.99. The monoisotopic (exact) mass is 287 g/mol. The van der Waals surface area contributed by atoms with Gasteiger partial charge in [-0.15, -0.1) is 0 Å². The van der Waals surface area contributed by atoms with Gasteiger partial charge in [0.25, 0.3) is 5.91 Å². The quantitative estimate of drug-likeness (QED) is 0.897. The normalized spacial score (nSPS) is 30.4. The zero-order chi connectivity index (χ0) is 15.1. The Kier molecular flexibility index (Phi) is 3.47. The highest BCUT2D eigenvalue weighted by Crippen LogP contribution is 2.48. The summed E-state index contributed by atoms with van der Waals surface area (Å²) in [5.41, 5.74) is 2.55. The smallest absolute Gasteiger partial charge is 0.308 e. The van der Waals surface area contributed by atoms with Crippen molar-refractivity contribution in [3.8, 4) is 0 Å². The van der Waals surface area contributed by atoms with Gasteiger partial charge in [-0.1, -0.05) is 18.2 Å². The SMILES string of the molecule is Cc1cccc(C)c1C(=O)NC1C2CCC(C2)C1C(=O)O. The van der Waals surface area contributed by atoms with Crippen LogP contribution in [0.4, 0.5) is 0 Å². The first-order valence-electron chi connectivity index (χ1n) is 7.59. The Hall–Kier alpha value is -1.84. The van der Waals surface area contributed by atoms with Crippen LogP contribution in [0.15, 0.2) is 18.2 Å². The molecule has 3 rings (SSSR count). The van der Waals surface area contributed by atoms with Gasteiger partial charge in [0, 0.05) is 11.6 Å². The largest absolute Gasteiger partial charge is 0.481 e. The maximum absolute atomic E-state index is 12.6. The van der Waals surface area contributed by atoms with Crippen LogP contribution in [0.3, 0.4) is 0 Å². The van der Waals surface area contributed by atoms with E-state index >= 15 is 0 Å². The van der Waals surface area contributed by atoms with Crippen LogP contribution < -0.4 is 5.32 Å². The number of carbonyl (C=O) groups is 2. The van der Waals surface area contributed by atoms with Crippen molar-refractivity contribution in [1.82, 2.24) is 5.32 Å². The number of aliphatic carboxylic acids is 1. The number of carbonyl (C=O) groups excluding carboxylic acids is 1. The Morgan fingerprint density at radius 2 is 1.76 bits per heavy atom. The highest BCUT2D eigenvalue weighted by Gasteiger charge is 2.51. The second kappa shape index (κ2) is 5.17. The fourth-order valence-corrected chi connectivity index (χ4v) is 4.25. The van der Waals surface area contributed by atoms with Crippen molar-refractivity contribution in [2.45, 2.75) is 39.2 Å². The van der Waals surface area contributed by atoms with Crippen LogP contribution in [0.5, 0.6) is 0 Å². The zero-order valence-corrected chi connectivity index (χ0v) is 12.4. The summed E-state index contributed by atoms with van der Waals surface area (Å²) < 4.78 is 0. The molecule has 21 heavy (non-hydrogen) atoms. The Morgan fingerprint density at radius 1 is 1.14 bits per heavy atom. The molecule has 0 aliphatic heterocycles. The molecule has 1 amide bonds. The van der Waals surface area contributed by atoms with Gasteiger partial charge in [-0.2, -0.15) is 0 Å². The lowest BCUT2D eigenvalue weighted by atomic mass is 9.84. The summed E-state index contributed by atoms with van der Waals surface area (Å²) in [5.74, 6) is -0.763. The predicted octanol–water partition coefficient (Wildman–Crippen LogP) is 2.53. The number of carboxylic acid groups (broad SMARTS) is 1. The Morgan fingerprint density at radius 3 is 2.38 bits per heavy atom. The van der Waals surface area contributed by atoms with Crippen LogP contribution in [0, 0.1) is 31.6 Å². The summed E-state index contributed by atoms with van der Waals surface area (Å²) in [6.45, 7) is 3.83. The highest BCUT2D eigenvalue weighted by molar-refractivity contribution is 5.97. The Bertz CT molecular complexity index is 575. The number of amides is 1. The third-order valence-corrected chi connectivity index (χ3v) is 5.21. The van der Waals surface area contributed by atoms with Crippen molar-refractivity contribution >= 4 is 11.9 Å². The van der Waals surface area contributed by atoms with Gasteiger partial charge >= 0.3 is 5.97 Å². The number of fused-ring (bicyclic) bond motifs is 2. The molecular weight excluding hydrogens is 266 g/mol. The van der Waals surface area contributed by atoms with E-state index < -0.39 is 11.9 Å². The first kappa shape index (κ1) is 14.1. The van der Waals surface area contributed by atoms with Gasteiger partial charge in [0.1, 0.15) is 0 Å². The minimum atomic E-state index is -0.769. The molecule has 4 unspecified atom stereocenters. The number of aryl methyl sites for hydroxylation is 2. The summed E-state index contributed by atoms with van der Waals surface area (Å²) in [4.78, 5) is 24.1. The lowest BCUT2D eigenvalue weighted by molar-refractivity contribution is -0.144. The molecule has 2 fully saturated rings. The molecule has 2 bridgehead atoms. The topological polar surface area (TPSA) is 66.4 Å². The van der Waals surface area contributed by atoms with E-state index in [1.807, 2.05) is 32.0 Å². The van der Waals surface area contributed by atoms with Crippen LogP contribution in [0.25, 0.3) is 0 Å². The number of hydrogen-bond donors (Lipinski definition) is 2. The fourth-order valence-electron chi connectivity index (χ4n) is 4.25. The third-order valence-electron chi connectivity index (χ3n) is 5.21. The summed E-state index contributed by atoms with van der Waals surface area (Å²) in [5, 5.41) is 12.5. The van der Waals surface area contributed by atoms with Gasteiger partial charge in [0.15, 0.2) is 0 Å². The van der Waals surface area contributed by atoms with E-state index in [9.17, 15) is 14.7 Å². The van der Waals surface area contributed by atoms with E-state index in [-0.39, 0.29) is 17.9 Å². The van der Waals surface area contributed by atoms with Crippen molar-refractivity contribution < 1.29 is 14.7 Å². The lowest BCUT2D eigenvalue weighted by Gasteiger charge is -2.29. The third kappa shape index (κ3) is 2.33. The molecule has 112 valence electrons. The van der Waals surface area contributed by atoms with Gasteiger partial charge in [0.05, 0.1) is 5.92 Å². The maximum Gasteiger partial charge on any atom is 0.308 e. The molecule has 0 radical (unpaired) electrons. The van der Waals surface area contributed by atoms with E-state index in [4.69, 9.17) is 0 Å². The summed E-state index contributed by atoms with van der Waals surface area (Å²) >= 11 is 0. The number of hydrogen-bond acceptors (Lipinski definition) is 2. The molecule has 2 aliphatic carbocycles. The van der Waals surface area contributed by atoms with Crippen molar-refractivity contribution in [2.24, 2.45) is 17.8 Å². The average molecular weight is 287 g/mol. The molecule has 2 aliphatic rings. The minimum absolute atomic E-state index is 0.130. The molecule has 0 heterocycles. The molecule has 2 N–H and O–H groups in total. The van der Waals surface area contributed by atoms with Crippen LogP contribution >= 0.6 is 0 Å². The minimum Gasteiger partial charge on any atom is -0.481 e. The standard InChI is InChI=1S/C17H21NO3/c1-9-4-3-5-10(2)13(9)16(19)18-15-12-7-6-11(8-12)14(15)17(20)21/h3-5,11-12,14-15H,6-8H2,1-2H3,(H,18,19)(H,20,21). The average Bonchev–Trinajstić information content (AvgIpc) is 2.98. The number of benzene rings is 1. The van der Waals surface area contributed by atoms with Gasteiger partial charge < -0.3 is 10.4 Å². The number of carboxylic acids is 1.